The summed E-state index contributed by atoms with van der Waals surface area (Å²) >= 11 is 0. The molecule has 1 rings (SSSR count). The molecule has 0 fully saturated rings. The molecule has 6 nitrogen and oxygen atoms in total. The molecule has 0 aromatic heterocycles. The molecule has 0 bridgehead atoms. The molecule has 100 valence electrons. The van der Waals surface area contributed by atoms with E-state index in [1.807, 2.05) is 0 Å². The Labute approximate surface area is 106 Å². The van der Waals surface area contributed by atoms with Gasteiger partial charge in [0, 0.05) is 6.54 Å². The lowest BCUT2D eigenvalue weighted by Crippen LogP contribution is -2.26. The molecule has 0 aliphatic carbocycles. The average Bonchev–Trinajstić information content (AvgIpc) is 2.27. The number of aryl methyl sites for hydroxylation is 1. The second-order valence-corrected chi connectivity index (χ2v) is 5.41. The van der Waals surface area contributed by atoms with E-state index in [1.54, 1.807) is 19.1 Å². The van der Waals surface area contributed by atoms with Crippen LogP contribution in [0.2, 0.25) is 0 Å². The van der Waals surface area contributed by atoms with Crippen LogP contribution >= 0.6 is 0 Å². The summed E-state index contributed by atoms with van der Waals surface area (Å²) < 4.78 is 31.0. The number of hydrogen-bond acceptors (Lipinski definition) is 4. The summed E-state index contributed by atoms with van der Waals surface area (Å²) in [5.74, 6) is -0.485. The van der Waals surface area contributed by atoms with E-state index in [0.29, 0.717) is 11.3 Å². The van der Waals surface area contributed by atoms with Crippen molar-refractivity contribution in [2.75, 3.05) is 13.7 Å². The van der Waals surface area contributed by atoms with Crippen molar-refractivity contribution in [3.05, 3.63) is 23.8 Å². The van der Waals surface area contributed by atoms with Crippen molar-refractivity contribution in [3.63, 3.8) is 0 Å². The number of carboxylic acid groups (broad SMARTS) is 1. The molecule has 2 N–H and O–H groups in total. The largest absolute Gasteiger partial charge is 0.497 e. The van der Waals surface area contributed by atoms with E-state index in [0.717, 1.165) is 0 Å². The van der Waals surface area contributed by atoms with E-state index in [1.165, 1.54) is 13.2 Å². The topological polar surface area (TPSA) is 92.7 Å². The minimum Gasteiger partial charge on any atom is -0.497 e. The molecule has 7 heteroatoms. The van der Waals surface area contributed by atoms with Crippen molar-refractivity contribution in [2.45, 2.75) is 18.2 Å². The standard InChI is InChI=1S/C11H15NO5S/c1-8-7-9(17-2)3-4-10(8)18(15,16)12-6-5-11(13)14/h3-4,7,12H,5-6H2,1-2H3,(H,13,14). The third kappa shape index (κ3) is 3.71. The third-order valence-electron chi connectivity index (χ3n) is 2.30. The predicted molar refractivity (Wildman–Crippen MR) is 65.2 cm³/mol. The second-order valence-electron chi connectivity index (χ2n) is 3.67. The van der Waals surface area contributed by atoms with Crippen LogP contribution in [0.1, 0.15) is 12.0 Å². The van der Waals surface area contributed by atoms with Gasteiger partial charge < -0.3 is 9.84 Å². The highest BCUT2D eigenvalue weighted by atomic mass is 32.2. The Morgan fingerprint density at radius 1 is 1.44 bits per heavy atom. The van der Waals surface area contributed by atoms with E-state index < -0.39 is 16.0 Å². The fourth-order valence-electron chi connectivity index (χ4n) is 1.42. The third-order valence-corrected chi connectivity index (χ3v) is 3.92. The van der Waals surface area contributed by atoms with Crippen LogP contribution in [0.4, 0.5) is 0 Å². The first-order valence-electron chi connectivity index (χ1n) is 5.23. The predicted octanol–water partition coefficient (Wildman–Crippen LogP) is 0.757. The smallest absolute Gasteiger partial charge is 0.304 e. The van der Waals surface area contributed by atoms with E-state index in [4.69, 9.17) is 9.84 Å². The van der Waals surface area contributed by atoms with Crippen LogP contribution in [-0.2, 0) is 14.8 Å². The highest BCUT2D eigenvalue weighted by Gasteiger charge is 2.17. The Kier molecular flexibility index (Phi) is 4.69. The maximum Gasteiger partial charge on any atom is 0.304 e. The van der Waals surface area contributed by atoms with Crippen molar-refractivity contribution in [2.24, 2.45) is 0 Å². The molecular weight excluding hydrogens is 258 g/mol. The van der Waals surface area contributed by atoms with Gasteiger partial charge in [0.1, 0.15) is 5.75 Å². The molecule has 0 radical (unpaired) electrons. The number of ether oxygens (including phenoxy) is 1. The molecule has 0 spiro atoms. The quantitative estimate of drug-likeness (QED) is 0.798. The summed E-state index contributed by atoms with van der Waals surface area (Å²) in [7, 11) is -2.19. The van der Waals surface area contributed by atoms with Crippen LogP contribution in [0, 0.1) is 6.92 Å². The van der Waals surface area contributed by atoms with Gasteiger partial charge in [-0.15, -0.1) is 0 Å². The summed E-state index contributed by atoms with van der Waals surface area (Å²) in [5.41, 5.74) is 0.539. The van der Waals surface area contributed by atoms with Crippen molar-refractivity contribution in [3.8, 4) is 5.75 Å². The Bertz CT molecular complexity index is 538. The summed E-state index contributed by atoms with van der Waals surface area (Å²) in [6.07, 6.45) is -0.256. The van der Waals surface area contributed by atoms with Gasteiger partial charge in [-0.1, -0.05) is 0 Å². The fraction of sp³-hybridized carbons (Fsp3) is 0.364. The van der Waals surface area contributed by atoms with E-state index >= 15 is 0 Å². The van der Waals surface area contributed by atoms with Crippen molar-refractivity contribution in [1.82, 2.24) is 4.72 Å². The summed E-state index contributed by atoms with van der Waals surface area (Å²) in [6.45, 7) is 1.51. The first-order chi connectivity index (χ1) is 8.36. The molecular formula is C11H15NO5S. The number of carbonyl (C=O) groups is 1. The normalized spacial score (nSPS) is 11.2. The van der Waals surface area contributed by atoms with E-state index in [2.05, 4.69) is 4.72 Å². The number of carboxylic acids is 1. The van der Waals surface area contributed by atoms with Crippen molar-refractivity contribution >= 4 is 16.0 Å². The van der Waals surface area contributed by atoms with Crippen LogP contribution < -0.4 is 9.46 Å². The lowest BCUT2D eigenvalue weighted by Gasteiger charge is -2.09. The Morgan fingerprint density at radius 3 is 2.61 bits per heavy atom. The maximum absolute atomic E-state index is 11.9. The van der Waals surface area contributed by atoms with Gasteiger partial charge in [0.05, 0.1) is 18.4 Å². The van der Waals surface area contributed by atoms with Gasteiger partial charge >= 0.3 is 5.97 Å². The number of methoxy groups -OCH3 is 1. The average molecular weight is 273 g/mol. The van der Waals surface area contributed by atoms with Crippen LogP contribution in [0.25, 0.3) is 0 Å². The molecule has 0 saturated heterocycles. The monoisotopic (exact) mass is 273 g/mol. The molecule has 0 saturated carbocycles. The van der Waals surface area contributed by atoms with Gasteiger partial charge in [-0.3, -0.25) is 4.79 Å². The van der Waals surface area contributed by atoms with Gasteiger partial charge in [-0.2, -0.15) is 0 Å². The molecule has 18 heavy (non-hydrogen) atoms. The van der Waals surface area contributed by atoms with Crippen molar-refractivity contribution < 1.29 is 23.1 Å². The van der Waals surface area contributed by atoms with Gasteiger partial charge in [0.15, 0.2) is 0 Å². The van der Waals surface area contributed by atoms with E-state index in [9.17, 15) is 13.2 Å². The summed E-state index contributed by atoms with van der Waals surface area (Å²) in [6, 6.07) is 4.57. The van der Waals surface area contributed by atoms with Crippen LogP contribution in [-0.4, -0.2) is 33.1 Å². The first kappa shape index (κ1) is 14.5. The van der Waals surface area contributed by atoms with Gasteiger partial charge in [-0.05, 0) is 30.7 Å². The molecule has 1 aromatic rings. The minimum absolute atomic E-state index is 0.119. The number of benzene rings is 1. The van der Waals surface area contributed by atoms with Gasteiger partial charge in [0.2, 0.25) is 10.0 Å². The lowest BCUT2D eigenvalue weighted by molar-refractivity contribution is -0.136. The maximum atomic E-state index is 11.9. The summed E-state index contributed by atoms with van der Waals surface area (Å²) in [5, 5.41) is 8.45. The van der Waals surface area contributed by atoms with Crippen molar-refractivity contribution in [1.29, 1.82) is 0 Å². The van der Waals surface area contributed by atoms with Crippen LogP contribution in [0.3, 0.4) is 0 Å². The molecule has 1 aromatic carbocycles. The molecule has 0 unspecified atom stereocenters. The van der Waals surface area contributed by atoms with Crippen LogP contribution in [0.5, 0.6) is 5.75 Å². The first-order valence-corrected chi connectivity index (χ1v) is 6.71. The fourth-order valence-corrected chi connectivity index (χ4v) is 2.68. The zero-order valence-electron chi connectivity index (χ0n) is 10.1. The number of hydrogen-bond donors (Lipinski definition) is 2. The molecule has 0 heterocycles. The second kappa shape index (κ2) is 5.83. The highest BCUT2D eigenvalue weighted by molar-refractivity contribution is 7.89. The molecule has 0 atom stereocenters. The Hall–Kier alpha value is -1.60. The number of rotatable bonds is 6. The molecule has 0 aliphatic heterocycles. The number of nitrogens with one attached hydrogen (secondary N) is 1. The minimum atomic E-state index is -3.68. The zero-order valence-corrected chi connectivity index (χ0v) is 11.0. The lowest BCUT2D eigenvalue weighted by atomic mass is 10.2. The van der Waals surface area contributed by atoms with E-state index in [-0.39, 0.29) is 17.9 Å². The number of sulfonamides is 1. The number of aliphatic carboxylic acids is 1. The highest BCUT2D eigenvalue weighted by Crippen LogP contribution is 2.20. The van der Waals surface area contributed by atoms with Crippen LogP contribution in [0.15, 0.2) is 23.1 Å². The molecule has 0 aliphatic rings. The SMILES string of the molecule is COc1ccc(S(=O)(=O)NCCC(=O)O)c(C)c1. The zero-order chi connectivity index (χ0) is 13.8. The van der Waals surface area contributed by atoms with Gasteiger partial charge in [-0.25, -0.2) is 13.1 Å². The summed E-state index contributed by atoms with van der Waals surface area (Å²) in [4.78, 5) is 10.4. The Balaban J connectivity index is 2.88. The van der Waals surface area contributed by atoms with Gasteiger partial charge in [0.25, 0.3) is 0 Å². The Morgan fingerprint density at radius 2 is 2.11 bits per heavy atom. The molecule has 0 amide bonds.